The molecule has 0 saturated carbocycles. The molecule has 0 aromatic heterocycles. The monoisotopic (exact) mass is 309 g/mol. The van der Waals surface area contributed by atoms with E-state index in [1.165, 1.54) is 12.8 Å². The van der Waals surface area contributed by atoms with Crippen LogP contribution < -0.4 is 0 Å². The highest BCUT2D eigenvalue weighted by Gasteiger charge is 2.35. The molecule has 0 aliphatic heterocycles. The Kier molecular flexibility index (Phi) is 7.63. The molecule has 0 unspecified atom stereocenters. The molecule has 1 rings (SSSR count). The number of aliphatic hydroxyl groups is 1. The van der Waals surface area contributed by atoms with Crippen LogP contribution in [0.3, 0.4) is 0 Å². The van der Waals surface area contributed by atoms with Crippen LogP contribution in [0.15, 0.2) is 16.5 Å². The van der Waals surface area contributed by atoms with Crippen molar-refractivity contribution in [2.75, 3.05) is 6.61 Å². The molecule has 0 saturated heterocycles. The molecule has 0 aromatic carbocycles. The third kappa shape index (κ3) is 5.82. The molecular formula is C18H31NO3. The fourth-order valence-corrected chi connectivity index (χ4v) is 2.79. The van der Waals surface area contributed by atoms with Crippen LogP contribution in [0.25, 0.3) is 0 Å². The topological polar surface area (TPSA) is 58.9 Å². The number of carbonyl (C=O) groups excluding carboxylic acids is 1. The number of carbonyl (C=O) groups is 1. The van der Waals surface area contributed by atoms with Crippen LogP contribution in [-0.4, -0.2) is 23.2 Å². The van der Waals surface area contributed by atoms with Crippen LogP contribution >= 0.6 is 0 Å². The van der Waals surface area contributed by atoms with Gasteiger partial charge in [-0.2, -0.15) is 0 Å². The molecule has 4 heteroatoms. The van der Waals surface area contributed by atoms with Gasteiger partial charge in [0, 0.05) is 12.8 Å². The number of unbranched alkanes of at least 4 members (excludes halogenated alkanes) is 3. The molecule has 0 bridgehead atoms. The molecule has 0 atom stereocenters. The van der Waals surface area contributed by atoms with Crippen LogP contribution in [0, 0.1) is 5.41 Å². The minimum atomic E-state index is -0.178. The number of nitrogens with zero attached hydrogens (tertiary/aromatic N) is 1. The molecule has 0 heterocycles. The average molecular weight is 309 g/mol. The summed E-state index contributed by atoms with van der Waals surface area (Å²) in [6, 6.07) is 0. The van der Waals surface area contributed by atoms with Gasteiger partial charge >= 0.3 is 0 Å². The summed E-state index contributed by atoms with van der Waals surface area (Å²) in [4.78, 5) is 17.7. The van der Waals surface area contributed by atoms with Gasteiger partial charge in [0.1, 0.15) is 12.4 Å². The Bertz CT molecular complexity index is 436. The van der Waals surface area contributed by atoms with Crippen molar-refractivity contribution in [1.29, 1.82) is 0 Å². The minimum absolute atomic E-state index is 0.0180. The second-order valence-electron chi connectivity index (χ2n) is 6.94. The van der Waals surface area contributed by atoms with E-state index >= 15 is 0 Å². The zero-order valence-corrected chi connectivity index (χ0v) is 14.6. The maximum atomic E-state index is 12.4. The molecule has 1 N–H and O–H groups in total. The normalized spacial score (nSPS) is 18.7. The summed E-state index contributed by atoms with van der Waals surface area (Å²) in [5.41, 5.74) is 0.828. The number of hydrogen-bond acceptors (Lipinski definition) is 4. The molecule has 126 valence electrons. The molecule has 1 aliphatic carbocycles. The van der Waals surface area contributed by atoms with Gasteiger partial charge in [-0.3, -0.25) is 4.79 Å². The Hall–Kier alpha value is -1.32. The van der Waals surface area contributed by atoms with Crippen LogP contribution in [0.5, 0.6) is 0 Å². The minimum Gasteiger partial charge on any atom is -0.511 e. The molecule has 22 heavy (non-hydrogen) atoms. The van der Waals surface area contributed by atoms with Crippen LogP contribution in [0.4, 0.5) is 0 Å². The summed E-state index contributed by atoms with van der Waals surface area (Å²) in [6.45, 7) is 8.77. The summed E-state index contributed by atoms with van der Waals surface area (Å²) in [5, 5.41) is 14.4. The number of allylic oxidation sites excluding steroid dienone is 2. The van der Waals surface area contributed by atoms with Crippen molar-refractivity contribution in [3.8, 4) is 0 Å². The number of rotatable bonds is 9. The first-order valence-corrected chi connectivity index (χ1v) is 8.55. The van der Waals surface area contributed by atoms with E-state index < -0.39 is 0 Å². The number of aliphatic hydroxyl groups excluding tert-OH is 1. The molecule has 4 nitrogen and oxygen atoms in total. The second-order valence-corrected chi connectivity index (χ2v) is 6.94. The number of ketones is 1. The van der Waals surface area contributed by atoms with Gasteiger partial charge in [0.15, 0.2) is 5.78 Å². The number of hydrogen-bond donors (Lipinski definition) is 1. The Labute approximate surface area is 134 Å². The van der Waals surface area contributed by atoms with E-state index in [4.69, 9.17) is 4.84 Å². The van der Waals surface area contributed by atoms with Crippen molar-refractivity contribution in [2.45, 2.75) is 79.1 Å². The van der Waals surface area contributed by atoms with Crippen molar-refractivity contribution >= 4 is 11.5 Å². The summed E-state index contributed by atoms with van der Waals surface area (Å²) in [5.74, 6) is 0.151. The molecule has 0 fully saturated rings. The predicted octanol–water partition coefficient (Wildman–Crippen LogP) is 4.94. The maximum absolute atomic E-state index is 12.4. The van der Waals surface area contributed by atoms with E-state index in [2.05, 4.69) is 12.1 Å². The SMILES string of the molecule is CCCCCCON=C(CCC)C1=C(O)CC(C)(C)CC1=O. The molecule has 0 spiro atoms. The molecule has 0 radical (unpaired) electrons. The summed E-state index contributed by atoms with van der Waals surface area (Å²) >= 11 is 0. The van der Waals surface area contributed by atoms with Gasteiger partial charge in [0.2, 0.25) is 0 Å². The average Bonchev–Trinajstić information content (AvgIpc) is 2.40. The van der Waals surface area contributed by atoms with Gasteiger partial charge in [-0.05, 0) is 24.7 Å². The highest BCUT2D eigenvalue weighted by atomic mass is 16.6. The lowest BCUT2D eigenvalue weighted by atomic mass is 9.75. The first kappa shape index (κ1) is 18.7. The van der Waals surface area contributed by atoms with Crippen molar-refractivity contribution < 1.29 is 14.7 Å². The molecule has 0 aromatic rings. The first-order valence-electron chi connectivity index (χ1n) is 8.55. The van der Waals surface area contributed by atoms with E-state index in [0.29, 0.717) is 37.2 Å². The zero-order chi connectivity index (χ0) is 16.6. The molecule has 0 amide bonds. The van der Waals surface area contributed by atoms with E-state index in [0.717, 1.165) is 19.3 Å². The quantitative estimate of drug-likeness (QED) is 0.373. The van der Waals surface area contributed by atoms with E-state index in [-0.39, 0.29) is 17.0 Å². The smallest absolute Gasteiger partial charge is 0.168 e. The lowest BCUT2D eigenvalue weighted by Crippen LogP contribution is -2.29. The highest BCUT2D eigenvalue weighted by Crippen LogP contribution is 2.36. The standard InChI is InChI=1S/C18H31NO3/c1-5-7-8-9-11-22-19-14(10-6-2)17-15(20)12-18(3,4)13-16(17)21/h20H,5-13H2,1-4H3. The third-order valence-electron chi connectivity index (χ3n) is 3.89. The first-order chi connectivity index (χ1) is 10.4. The lowest BCUT2D eigenvalue weighted by molar-refractivity contribution is -0.118. The predicted molar refractivity (Wildman–Crippen MR) is 90.1 cm³/mol. The van der Waals surface area contributed by atoms with Gasteiger partial charge in [-0.15, -0.1) is 0 Å². The zero-order valence-electron chi connectivity index (χ0n) is 14.6. The van der Waals surface area contributed by atoms with Crippen molar-refractivity contribution in [1.82, 2.24) is 0 Å². The van der Waals surface area contributed by atoms with E-state index in [1.807, 2.05) is 20.8 Å². The Morgan fingerprint density at radius 1 is 1.18 bits per heavy atom. The second kappa shape index (κ2) is 8.96. The Morgan fingerprint density at radius 2 is 1.91 bits per heavy atom. The maximum Gasteiger partial charge on any atom is 0.168 e. The van der Waals surface area contributed by atoms with Crippen molar-refractivity contribution in [3.05, 3.63) is 11.3 Å². The van der Waals surface area contributed by atoms with E-state index in [1.54, 1.807) is 0 Å². The molecule has 1 aliphatic rings. The number of oxime groups is 1. The van der Waals surface area contributed by atoms with Crippen LogP contribution in [-0.2, 0) is 9.63 Å². The van der Waals surface area contributed by atoms with Gasteiger partial charge < -0.3 is 9.94 Å². The van der Waals surface area contributed by atoms with Crippen molar-refractivity contribution in [3.63, 3.8) is 0 Å². The fourth-order valence-electron chi connectivity index (χ4n) is 2.79. The third-order valence-corrected chi connectivity index (χ3v) is 3.89. The van der Waals surface area contributed by atoms with Crippen LogP contribution in [0.1, 0.15) is 79.1 Å². The number of Topliss-reactive ketones (excluding diaryl/α,β-unsaturated/α-hetero) is 1. The fraction of sp³-hybridized carbons (Fsp3) is 0.778. The molecular weight excluding hydrogens is 278 g/mol. The lowest BCUT2D eigenvalue weighted by Gasteiger charge is -2.29. The summed E-state index contributed by atoms with van der Waals surface area (Å²) in [6.07, 6.45) is 6.99. The van der Waals surface area contributed by atoms with Gasteiger partial charge in [0.25, 0.3) is 0 Å². The summed E-state index contributed by atoms with van der Waals surface area (Å²) in [7, 11) is 0. The van der Waals surface area contributed by atoms with E-state index in [9.17, 15) is 9.90 Å². The van der Waals surface area contributed by atoms with Gasteiger partial charge in [-0.1, -0.05) is 52.1 Å². The highest BCUT2D eigenvalue weighted by molar-refractivity contribution is 6.23. The van der Waals surface area contributed by atoms with Crippen molar-refractivity contribution in [2.24, 2.45) is 10.6 Å². The van der Waals surface area contributed by atoms with Crippen LogP contribution in [0.2, 0.25) is 0 Å². The largest absolute Gasteiger partial charge is 0.511 e. The Balaban J connectivity index is 2.75. The van der Waals surface area contributed by atoms with Gasteiger partial charge in [-0.25, -0.2) is 0 Å². The van der Waals surface area contributed by atoms with Gasteiger partial charge in [0.05, 0.1) is 11.3 Å². The Morgan fingerprint density at radius 3 is 2.50 bits per heavy atom. The summed E-state index contributed by atoms with van der Waals surface area (Å²) < 4.78 is 0.